The number of hydrogen-bond acceptors (Lipinski definition) is 4. The third-order valence-corrected chi connectivity index (χ3v) is 2.65. The molecule has 1 rings (SSSR count). The summed E-state index contributed by atoms with van der Waals surface area (Å²) in [7, 11) is 2.04. The third-order valence-electron chi connectivity index (χ3n) is 2.65. The lowest BCUT2D eigenvalue weighted by molar-refractivity contribution is 0.555. The fraction of sp³-hybridized carbons (Fsp3) is 0.636. The summed E-state index contributed by atoms with van der Waals surface area (Å²) in [5.41, 5.74) is 6.71. The maximum absolute atomic E-state index is 5.66. The van der Waals surface area contributed by atoms with Crippen LogP contribution in [0.1, 0.15) is 25.8 Å². The summed E-state index contributed by atoms with van der Waals surface area (Å²) in [5, 5.41) is 8.03. The van der Waals surface area contributed by atoms with Gasteiger partial charge in [-0.15, -0.1) is 5.10 Å². The summed E-state index contributed by atoms with van der Waals surface area (Å²) in [6.07, 6.45) is 2.85. The van der Waals surface area contributed by atoms with Crippen LogP contribution in [-0.4, -0.2) is 23.8 Å². The predicted octanol–water partition coefficient (Wildman–Crippen LogP) is 1.42. The van der Waals surface area contributed by atoms with Gasteiger partial charge < -0.3 is 10.6 Å². The molecule has 2 N–H and O–H groups in total. The summed E-state index contributed by atoms with van der Waals surface area (Å²) in [6, 6.07) is 1.93. The fourth-order valence-corrected chi connectivity index (χ4v) is 1.51. The number of nitrogens with zero attached hydrogens (tertiary/aromatic N) is 3. The Morgan fingerprint density at radius 2 is 2.27 bits per heavy atom. The van der Waals surface area contributed by atoms with Crippen LogP contribution in [0.15, 0.2) is 12.3 Å². The molecule has 0 saturated carbocycles. The van der Waals surface area contributed by atoms with E-state index in [2.05, 4.69) is 28.9 Å². The van der Waals surface area contributed by atoms with E-state index in [1.54, 1.807) is 6.20 Å². The number of nitrogens with two attached hydrogens (primary N) is 1. The van der Waals surface area contributed by atoms with Crippen molar-refractivity contribution >= 4 is 5.82 Å². The summed E-state index contributed by atoms with van der Waals surface area (Å²) >= 11 is 0. The molecule has 0 aromatic carbocycles. The van der Waals surface area contributed by atoms with Crippen LogP contribution in [0, 0.1) is 5.92 Å². The number of aromatic nitrogens is 2. The highest BCUT2D eigenvalue weighted by Crippen LogP contribution is 2.15. The molecule has 0 aliphatic heterocycles. The first-order valence-electron chi connectivity index (χ1n) is 5.40. The van der Waals surface area contributed by atoms with Crippen LogP contribution in [-0.2, 0) is 6.54 Å². The van der Waals surface area contributed by atoms with Crippen LogP contribution in [0.25, 0.3) is 0 Å². The molecule has 0 radical (unpaired) electrons. The maximum Gasteiger partial charge on any atom is 0.155 e. The van der Waals surface area contributed by atoms with Crippen molar-refractivity contribution in [1.29, 1.82) is 0 Å². The van der Waals surface area contributed by atoms with Crippen molar-refractivity contribution in [2.45, 2.75) is 26.8 Å². The molecule has 15 heavy (non-hydrogen) atoms. The molecule has 4 heteroatoms. The Hall–Kier alpha value is -1.16. The Labute approximate surface area is 91.5 Å². The minimum absolute atomic E-state index is 0.510. The molecule has 0 aliphatic carbocycles. The lowest BCUT2D eigenvalue weighted by Gasteiger charge is -2.22. The van der Waals surface area contributed by atoms with E-state index in [4.69, 9.17) is 5.73 Å². The van der Waals surface area contributed by atoms with Gasteiger partial charge in [0.05, 0.1) is 6.20 Å². The van der Waals surface area contributed by atoms with Crippen LogP contribution in [0.2, 0.25) is 0 Å². The Morgan fingerprint density at radius 1 is 1.53 bits per heavy atom. The van der Waals surface area contributed by atoms with Crippen LogP contribution in [0.3, 0.4) is 0 Å². The molecule has 0 aliphatic rings. The van der Waals surface area contributed by atoms with E-state index in [-0.39, 0.29) is 0 Å². The van der Waals surface area contributed by atoms with E-state index in [0.29, 0.717) is 12.5 Å². The number of rotatable bonds is 5. The van der Waals surface area contributed by atoms with Gasteiger partial charge in [0.15, 0.2) is 5.82 Å². The second kappa shape index (κ2) is 5.66. The van der Waals surface area contributed by atoms with Crippen molar-refractivity contribution in [2.75, 3.05) is 18.5 Å². The molecule has 0 fully saturated rings. The van der Waals surface area contributed by atoms with Gasteiger partial charge in [0.1, 0.15) is 0 Å². The van der Waals surface area contributed by atoms with Crippen molar-refractivity contribution in [3.63, 3.8) is 0 Å². The predicted molar refractivity (Wildman–Crippen MR) is 62.6 cm³/mol. The van der Waals surface area contributed by atoms with Crippen LogP contribution >= 0.6 is 0 Å². The monoisotopic (exact) mass is 208 g/mol. The smallest absolute Gasteiger partial charge is 0.155 e. The highest BCUT2D eigenvalue weighted by molar-refractivity contribution is 5.44. The fourth-order valence-electron chi connectivity index (χ4n) is 1.51. The molecular formula is C11H20N4. The van der Waals surface area contributed by atoms with Gasteiger partial charge in [-0.2, -0.15) is 5.10 Å². The van der Waals surface area contributed by atoms with E-state index in [1.807, 2.05) is 13.1 Å². The van der Waals surface area contributed by atoms with Crippen LogP contribution < -0.4 is 10.6 Å². The van der Waals surface area contributed by atoms with Gasteiger partial charge in [-0.05, 0) is 12.0 Å². The van der Waals surface area contributed by atoms with Crippen molar-refractivity contribution in [1.82, 2.24) is 10.2 Å². The standard InChI is InChI=1S/C11H20N4/c1-4-9(2)8-15(3)11-10(7-12)5-6-13-14-11/h5-6,9H,4,7-8,12H2,1-3H3. The average Bonchev–Trinajstić information content (AvgIpc) is 2.28. The molecule has 0 amide bonds. The summed E-state index contributed by atoms with van der Waals surface area (Å²) in [6.45, 7) is 5.92. The largest absolute Gasteiger partial charge is 0.358 e. The quantitative estimate of drug-likeness (QED) is 0.795. The highest BCUT2D eigenvalue weighted by Gasteiger charge is 2.10. The third kappa shape index (κ3) is 3.16. The average molecular weight is 208 g/mol. The molecule has 1 aromatic rings. The van der Waals surface area contributed by atoms with Gasteiger partial charge in [0.25, 0.3) is 0 Å². The molecule has 1 unspecified atom stereocenters. The molecule has 4 nitrogen and oxygen atoms in total. The van der Waals surface area contributed by atoms with Gasteiger partial charge in [-0.1, -0.05) is 20.3 Å². The Balaban J connectivity index is 2.76. The lowest BCUT2D eigenvalue weighted by atomic mass is 10.1. The van der Waals surface area contributed by atoms with Gasteiger partial charge in [0.2, 0.25) is 0 Å². The van der Waals surface area contributed by atoms with Crippen molar-refractivity contribution in [3.05, 3.63) is 17.8 Å². The molecule has 1 heterocycles. The Morgan fingerprint density at radius 3 is 2.87 bits per heavy atom. The molecule has 1 aromatic heterocycles. The minimum atomic E-state index is 0.510. The molecular weight excluding hydrogens is 188 g/mol. The number of hydrogen-bond donors (Lipinski definition) is 1. The topological polar surface area (TPSA) is 55.0 Å². The molecule has 0 spiro atoms. The van der Waals surface area contributed by atoms with E-state index in [1.165, 1.54) is 6.42 Å². The first-order valence-corrected chi connectivity index (χ1v) is 5.40. The summed E-state index contributed by atoms with van der Waals surface area (Å²) in [4.78, 5) is 2.13. The minimum Gasteiger partial charge on any atom is -0.358 e. The van der Waals surface area contributed by atoms with E-state index < -0.39 is 0 Å². The molecule has 0 bridgehead atoms. The van der Waals surface area contributed by atoms with Crippen molar-refractivity contribution in [3.8, 4) is 0 Å². The maximum atomic E-state index is 5.66. The lowest BCUT2D eigenvalue weighted by Crippen LogP contribution is -2.26. The Bertz CT molecular complexity index is 300. The SMILES string of the molecule is CCC(C)CN(C)c1nnccc1CN. The van der Waals surface area contributed by atoms with Gasteiger partial charge in [0, 0.05) is 25.7 Å². The zero-order chi connectivity index (χ0) is 11.3. The zero-order valence-corrected chi connectivity index (χ0v) is 9.77. The molecule has 0 saturated heterocycles. The van der Waals surface area contributed by atoms with Crippen LogP contribution in [0.4, 0.5) is 5.82 Å². The first-order chi connectivity index (χ1) is 7.19. The Kier molecular flexibility index (Phi) is 4.49. The van der Waals surface area contributed by atoms with E-state index >= 15 is 0 Å². The van der Waals surface area contributed by atoms with Crippen molar-refractivity contribution in [2.24, 2.45) is 11.7 Å². The van der Waals surface area contributed by atoms with E-state index in [9.17, 15) is 0 Å². The second-order valence-electron chi connectivity index (χ2n) is 3.98. The molecule has 84 valence electrons. The van der Waals surface area contributed by atoms with Crippen molar-refractivity contribution < 1.29 is 0 Å². The highest BCUT2D eigenvalue weighted by atomic mass is 15.2. The van der Waals surface area contributed by atoms with Gasteiger partial charge in [-0.25, -0.2) is 0 Å². The summed E-state index contributed by atoms with van der Waals surface area (Å²) < 4.78 is 0. The zero-order valence-electron chi connectivity index (χ0n) is 9.77. The van der Waals surface area contributed by atoms with Crippen LogP contribution in [0.5, 0.6) is 0 Å². The summed E-state index contributed by atoms with van der Waals surface area (Å²) in [5.74, 6) is 1.56. The second-order valence-corrected chi connectivity index (χ2v) is 3.98. The van der Waals surface area contributed by atoms with E-state index in [0.717, 1.165) is 17.9 Å². The normalized spacial score (nSPS) is 12.5. The molecule has 1 atom stereocenters. The van der Waals surface area contributed by atoms with Gasteiger partial charge in [-0.3, -0.25) is 0 Å². The first kappa shape index (κ1) is 11.9. The van der Waals surface area contributed by atoms with Gasteiger partial charge >= 0.3 is 0 Å². The number of anilines is 1.